The van der Waals surface area contributed by atoms with Crippen molar-refractivity contribution in [1.29, 1.82) is 5.26 Å². The van der Waals surface area contributed by atoms with Crippen LogP contribution in [0.15, 0.2) is 46.2 Å². The second kappa shape index (κ2) is 12.7. The number of carbonyl (C=O) groups is 1. The number of amides is 1. The third-order valence-corrected chi connectivity index (χ3v) is 8.63. The van der Waals surface area contributed by atoms with Crippen LogP contribution in [0.4, 0.5) is 4.39 Å². The van der Waals surface area contributed by atoms with E-state index in [1.54, 1.807) is 50.8 Å². The summed E-state index contributed by atoms with van der Waals surface area (Å²) in [6.45, 7) is 6.98. The average Bonchev–Trinajstić information content (AvgIpc) is 3.62. The first-order chi connectivity index (χ1) is 20.1. The highest BCUT2D eigenvalue weighted by Gasteiger charge is 2.38. The molecule has 0 aliphatic carbocycles. The molecule has 0 bridgehead atoms. The fraction of sp³-hybridized carbons (Fsp3) is 0.414. The van der Waals surface area contributed by atoms with Gasteiger partial charge in [-0.05, 0) is 51.5 Å². The minimum absolute atomic E-state index is 0.00591. The van der Waals surface area contributed by atoms with Gasteiger partial charge in [0.15, 0.2) is 0 Å². The number of aryl methyl sites for hydroxylation is 1. The normalized spacial score (nSPS) is 13.5. The van der Waals surface area contributed by atoms with Crippen LogP contribution < -0.4 is 21.3 Å². The average molecular weight is 597 g/mol. The van der Waals surface area contributed by atoms with Gasteiger partial charge in [0.05, 0.1) is 38.1 Å². The van der Waals surface area contributed by atoms with Crippen LogP contribution in [-0.2, 0) is 21.6 Å². The molecule has 0 unspecified atom stereocenters. The topological polar surface area (TPSA) is 133 Å². The second-order valence-electron chi connectivity index (χ2n) is 9.84. The van der Waals surface area contributed by atoms with Crippen LogP contribution in [0.2, 0.25) is 0 Å². The summed E-state index contributed by atoms with van der Waals surface area (Å²) in [5, 5.41) is 17.1. The zero-order valence-corrected chi connectivity index (χ0v) is 25.0. The van der Waals surface area contributed by atoms with Gasteiger partial charge in [0.25, 0.3) is 5.56 Å². The van der Waals surface area contributed by atoms with E-state index in [9.17, 15) is 18.8 Å². The smallest absolute Gasteiger partial charge is 0.333 e. The highest BCUT2D eigenvalue weighted by atomic mass is 32.1. The maximum atomic E-state index is 14.5. The number of hydrogen-bond donors (Lipinski definition) is 1. The molecule has 2 atom stereocenters. The van der Waals surface area contributed by atoms with E-state index >= 15 is 0 Å². The lowest BCUT2D eigenvalue weighted by atomic mass is 9.96. The molecule has 3 aromatic heterocycles. The van der Waals surface area contributed by atoms with Crippen molar-refractivity contribution in [3.8, 4) is 16.8 Å². The largest absolute Gasteiger partial charge is 0.496 e. The summed E-state index contributed by atoms with van der Waals surface area (Å²) < 4.78 is 30.0. The lowest BCUT2D eigenvalue weighted by Crippen LogP contribution is -2.57. The highest BCUT2D eigenvalue weighted by molar-refractivity contribution is 7.21. The molecule has 0 saturated heterocycles. The molecular formula is C29H33FN6O5S. The van der Waals surface area contributed by atoms with Crippen molar-refractivity contribution >= 4 is 27.5 Å². The zero-order valence-electron chi connectivity index (χ0n) is 24.1. The van der Waals surface area contributed by atoms with Crippen LogP contribution in [0.3, 0.4) is 0 Å². The number of nitrogens with zero attached hydrogens (tertiary/aromatic N) is 5. The van der Waals surface area contributed by atoms with Gasteiger partial charge in [0, 0.05) is 30.1 Å². The summed E-state index contributed by atoms with van der Waals surface area (Å²) in [4.78, 5) is 42.2. The molecule has 222 valence electrons. The number of aromatic nitrogens is 4. The Bertz CT molecular complexity index is 1750. The number of benzene rings is 1. The Morgan fingerprint density at radius 3 is 2.69 bits per heavy atom. The molecule has 11 nitrogen and oxygen atoms in total. The van der Waals surface area contributed by atoms with Gasteiger partial charge in [-0.2, -0.15) is 10.4 Å². The summed E-state index contributed by atoms with van der Waals surface area (Å²) in [6.07, 6.45) is 2.62. The molecule has 0 aliphatic heterocycles. The Labute approximate surface area is 245 Å². The number of nitriles is 1. The van der Waals surface area contributed by atoms with Crippen molar-refractivity contribution in [2.75, 3.05) is 20.3 Å². The first-order valence-electron chi connectivity index (χ1n) is 13.5. The minimum Gasteiger partial charge on any atom is -0.496 e. The summed E-state index contributed by atoms with van der Waals surface area (Å²) in [7, 11) is 1.44. The summed E-state index contributed by atoms with van der Waals surface area (Å²) in [5.74, 6) is -0.674. The fourth-order valence-corrected chi connectivity index (χ4v) is 6.17. The van der Waals surface area contributed by atoms with Crippen LogP contribution in [0.25, 0.3) is 15.2 Å². The Hall–Kier alpha value is -4.28. The van der Waals surface area contributed by atoms with Crippen molar-refractivity contribution in [3.63, 3.8) is 0 Å². The lowest BCUT2D eigenvalue weighted by Gasteiger charge is -2.30. The van der Waals surface area contributed by atoms with Gasteiger partial charge >= 0.3 is 5.69 Å². The van der Waals surface area contributed by atoms with Gasteiger partial charge in [-0.3, -0.25) is 14.2 Å². The second-order valence-corrected chi connectivity index (χ2v) is 10.8. The van der Waals surface area contributed by atoms with Crippen molar-refractivity contribution < 1.29 is 18.7 Å². The first kappa shape index (κ1) is 30.7. The van der Waals surface area contributed by atoms with Gasteiger partial charge in [-0.1, -0.05) is 18.3 Å². The maximum Gasteiger partial charge on any atom is 0.333 e. The van der Waals surface area contributed by atoms with E-state index in [0.717, 1.165) is 4.57 Å². The lowest BCUT2D eigenvalue weighted by molar-refractivity contribution is -0.129. The minimum atomic E-state index is -1.51. The van der Waals surface area contributed by atoms with E-state index in [1.807, 2.05) is 6.07 Å². The first-order valence-corrected chi connectivity index (χ1v) is 14.3. The molecule has 0 fully saturated rings. The number of hydrogen-bond acceptors (Lipinski definition) is 8. The molecule has 3 heterocycles. The molecule has 0 saturated carbocycles. The van der Waals surface area contributed by atoms with Gasteiger partial charge in [-0.15, -0.1) is 0 Å². The number of fused-ring (bicyclic) bond motifs is 1. The summed E-state index contributed by atoms with van der Waals surface area (Å²) in [5.41, 5.74) is -1.91. The SMILES string of the molecule is CCNC(=O)[C@](C)(CC)n1c(=O)c2c(C)c(-n3cccn3)sc2n(C[C@H](OCCC#N)c2cc(F)ccc2OC)c1=O. The third-order valence-electron chi connectivity index (χ3n) is 7.33. The van der Waals surface area contributed by atoms with Crippen molar-refractivity contribution in [2.45, 2.75) is 58.7 Å². The van der Waals surface area contributed by atoms with Crippen LogP contribution >= 0.6 is 11.3 Å². The number of methoxy groups -OCH3 is 1. The number of rotatable bonds is 12. The Balaban J connectivity index is 2.06. The standard InChI is InChI=1S/C29H33FN6O5S/c1-6-29(4,27(38)32-7-2)36-24(37)23-18(3)25(35-14-9-13-33-35)42-26(23)34(28(36)39)17-22(41-15-8-12-31)20-16-19(30)10-11-21(20)40-5/h9-11,13-14,16,22H,6-8,15,17H2,1-5H3,(H,32,38)/t22-,29-/m0/s1. The predicted octanol–water partition coefficient (Wildman–Crippen LogP) is 3.80. The Kier molecular flexibility index (Phi) is 9.28. The molecule has 0 spiro atoms. The van der Waals surface area contributed by atoms with E-state index in [2.05, 4.69) is 10.4 Å². The number of ether oxygens (including phenoxy) is 2. The van der Waals surface area contributed by atoms with E-state index in [-0.39, 0.29) is 31.4 Å². The van der Waals surface area contributed by atoms with Crippen molar-refractivity contribution in [2.24, 2.45) is 0 Å². The van der Waals surface area contributed by atoms with Crippen LogP contribution in [-0.4, -0.2) is 45.1 Å². The number of thiophene rings is 1. The van der Waals surface area contributed by atoms with Crippen LogP contribution in [0.5, 0.6) is 5.75 Å². The van der Waals surface area contributed by atoms with Gasteiger partial charge < -0.3 is 14.8 Å². The molecule has 1 aromatic carbocycles. The predicted molar refractivity (Wildman–Crippen MR) is 157 cm³/mol. The molecule has 42 heavy (non-hydrogen) atoms. The van der Waals surface area contributed by atoms with Crippen LogP contribution in [0, 0.1) is 24.1 Å². The monoisotopic (exact) mass is 596 g/mol. The number of halogens is 1. The molecule has 4 rings (SSSR count). The van der Waals surface area contributed by atoms with E-state index in [4.69, 9.17) is 14.7 Å². The van der Waals surface area contributed by atoms with Crippen LogP contribution in [0.1, 0.15) is 50.8 Å². The van der Waals surface area contributed by atoms with Gasteiger partial charge in [0.2, 0.25) is 5.91 Å². The molecule has 1 amide bonds. The van der Waals surface area contributed by atoms with Gasteiger partial charge in [0.1, 0.15) is 33.0 Å². The molecular weight excluding hydrogens is 563 g/mol. The molecule has 1 N–H and O–H groups in total. The number of likely N-dealkylation sites (N-methyl/N-ethyl adjacent to an activating group) is 1. The quantitative estimate of drug-likeness (QED) is 0.246. The zero-order chi connectivity index (χ0) is 30.6. The Morgan fingerprint density at radius 1 is 1.31 bits per heavy atom. The summed E-state index contributed by atoms with van der Waals surface area (Å²) >= 11 is 1.20. The Morgan fingerprint density at radius 2 is 2.07 bits per heavy atom. The van der Waals surface area contributed by atoms with Crippen molar-refractivity contribution in [1.82, 2.24) is 24.2 Å². The molecule has 4 aromatic rings. The molecule has 13 heteroatoms. The highest BCUT2D eigenvalue weighted by Crippen LogP contribution is 2.34. The number of carbonyl (C=O) groups excluding carboxylic acids is 1. The van der Waals surface area contributed by atoms with E-state index in [1.165, 1.54) is 41.2 Å². The molecule has 0 aliphatic rings. The maximum absolute atomic E-state index is 14.5. The van der Waals surface area contributed by atoms with Gasteiger partial charge in [-0.25, -0.2) is 18.4 Å². The fourth-order valence-electron chi connectivity index (χ4n) is 4.92. The van der Waals surface area contributed by atoms with E-state index in [0.29, 0.717) is 33.3 Å². The number of nitrogens with one attached hydrogen (secondary N) is 1. The summed E-state index contributed by atoms with van der Waals surface area (Å²) in [6, 6.07) is 7.72. The molecule has 0 radical (unpaired) electrons. The third kappa shape index (κ3) is 5.47. The van der Waals surface area contributed by atoms with Crippen molar-refractivity contribution in [3.05, 3.63) is 74.4 Å². The van der Waals surface area contributed by atoms with E-state index < -0.39 is 34.6 Å².